The molecule has 3 heterocycles. The quantitative estimate of drug-likeness (QED) is 0.321. The zero-order valence-corrected chi connectivity index (χ0v) is 16.9. The first kappa shape index (κ1) is 18.3. The molecule has 0 unspecified atom stereocenters. The zero-order chi connectivity index (χ0) is 20.0. The molecule has 0 amide bonds. The summed E-state index contributed by atoms with van der Waals surface area (Å²) >= 11 is 1.40. The van der Waals surface area contributed by atoms with Crippen molar-refractivity contribution < 1.29 is 4.42 Å². The Kier molecular flexibility index (Phi) is 4.46. The van der Waals surface area contributed by atoms with Gasteiger partial charge in [0.25, 0.3) is 5.95 Å². The van der Waals surface area contributed by atoms with Crippen LogP contribution in [0.5, 0.6) is 0 Å². The third-order valence-electron chi connectivity index (χ3n) is 4.65. The maximum atomic E-state index is 12.0. The highest BCUT2D eigenvalue weighted by atomic mass is 32.2. The van der Waals surface area contributed by atoms with E-state index in [1.54, 1.807) is 4.68 Å². The summed E-state index contributed by atoms with van der Waals surface area (Å²) in [7, 11) is 0. The predicted octanol–water partition coefficient (Wildman–Crippen LogP) is 2.81. The Morgan fingerprint density at radius 2 is 1.82 bits per heavy atom. The first-order chi connectivity index (χ1) is 13.3. The lowest BCUT2D eigenvalue weighted by Crippen LogP contribution is -2.17. The number of benzene rings is 1. The second-order valence-electron chi connectivity index (χ2n) is 6.80. The third-order valence-corrected chi connectivity index (χ3v) is 5.64. The number of nitrogen functional groups attached to an aromatic ring is 1. The number of rotatable bonds is 4. The van der Waals surface area contributed by atoms with Crippen molar-refractivity contribution in [2.45, 2.75) is 38.6 Å². The highest BCUT2D eigenvalue weighted by molar-refractivity contribution is 7.98. The number of nitrogens with zero attached hydrogens (tertiary/aromatic N) is 5. The first-order valence-corrected chi connectivity index (χ1v) is 9.73. The fourth-order valence-electron chi connectivity index (χ4n) is 3.09. The normalized spacial score (nSPS) is 11.4. The molecule has 8 nitrogen and oxygen atoms in total. The number of aromatic nitrogens is 5. The molecule has 28 heavy (non-hydrogen) atoms. The maximum Gasteiger partial charge on any atom is 0.336 e. The molecule has 9 heteroatoms. The predicted molar refractivity (Wildman–Crippen MR) is 108 cm³/mol. The van der Waals surface area contributed by atoms with Crippen LogP contribution < -0.4 is 11.5 Å². The number of thioether (sulfide) groups is 1. The van der Waals surface area contributed by atoms with Crippen molar-refractivity contribution in [2.24, 2.45) is 0 Å². The monoisotopic (exact) mass is 396 g/mol. The largest absolute Gasteiger partial charge is 0.423 e. The minimum Gasteiger partial charge on any atom is -0.423 e. The van der Waals surface area contributed by atoms with Gasteiger partial charge in [0.1, 0.15) is 5.58 Å². The molecule has 0 saturated carbocycles. The molecule has 0 aliphatic carbocycles. The molecule has 0 bridgehead atoms. The summed E-state index contributed by atoms with van der Waals surface area (Å²) in [5, 5.41) is 14.2. The minimum atomic E-state index is -0.371. The molecule has 2 N–H and O–H groups in total. The fourth-order valence-corrected chi connectivity index (χ4v) is 3.93. The van der Waals surface area contributed by atoms with Gasteiger partial charge in [-0.25, -0.2) is 14.2 Å². The van der Waals surface area contributed by atoms with Gasteiger partial charge in [-0.15, -0.1) is 10.2 Å². The van der Waals surface area contributed by atoms with Crippen molar-refractivity contribution in [3.63, 3.8) is 0 Å². The van der Waals surface area contributed by atoms with Gasteiger partial charge in [0.05, 0.1) is 5.69 Å². The molecule has 3 aromatic heterocycles. The second kappa shape index (κ2) is 6.83. The van der Waals surface area contributed by atoms with Gasteiger partial charge < -0.3 is 10.3 Å². The van der Waals surface area contributed by atoms with Crippen LogP contribution in [-0.2, 0) is 5.75 Å². The van der Waals surface area contributed by atoms with E-state index in [1.807, 2.05) is 45.9 Å². The van der Waals surface area contributed by atoms with Gasteiger partial charge in [0, 0.05) is 22.9 Å². The molecule has 0 saturated heterocycles. The fraction of sp³-hybridized carbons (Fsp3) is 0.263. The van der Waals surface area contributed by atoms with Gasteiger partial charge in [-0.3, -0.25) is 0 Å². The minimum absolute atomic E-state index is 0.371. The third kappa shape index (κ3) is 3.18. The van der Waals surface area contributed by atoms with Gasteiger partial charge in [-0.05, 0) is 62.6 Å². The highest BCUT2D eigenvalue weighted by Gasteiger charge is 2.16. The summed E-state index contributed by atoms with van der Waals surface area (Å²) in [6.45, 7) is 7.87. The van der Waals surface area contributed by atoms with E-state index in [-0.39, 0.29) is 5.63 Å². The smallest absolute Gasteiger partial charge is 0.336 e. The van der Waals surface area contributed by atoms with E-state index in [1.165, 1.54) is 22.5 Å². The Hall–Kier alpha value is -3.07. The molecule has 0 aliphatic heterocycles. The molecule has 0 radical (unpaired) electrons. The van der Waals surface area contributed by atoms with Crippen LogP contribution in [0.25, 0.3) is 16.9 Å². The molecule has 4 aromatic rings. The Bertz CT molecular complexity index is 1250. The van der Waals surface area contributed by atoms with Crippen LogP contribution in [0, 0.1) is 27.7 Å². The number of hydrogen-bond acceptors (Lipinski definition) is 7. The second-order valence-corrected chi connectivity index (χ2v) is 7.75. The number of fused-ring (bicyclic) bond motifs is 1. The molecule has 0 atom stereocenters. The molecule has 4 rings (SSSR count). The lowest BCUT2D eigenvalue weighted by Gasteiger charge is -2.08. The van der Waals surface area contributed by atoms with Crippen LogP contribution in [0.1, 0.15) is 28.1 Å². The standard InChI is InChI=1S/C19H20N6O2S/c1-10-5-15-14(8-17(26)27-16(15)6-11(10)2)9-28-19-22-21-18(24(19)20)25-13(4)7-12(3)23-25/h5-8H,9,20H2,1-4H3. The summed E-state index contributed by atoms with van der Waals surface area (Å²) in [4.78, 5) is 12.0. The average Bonchev–Trinajstić information content (AvgIpc) is 3.15. The van der Waals surface area contributed by atoms with Crippen molar-refractivity contribution in [2.75, 3.05) is 5.84 Å². The summed E-state index contributed by atoms with van der Waals surface area (Å²) in [5.74, 6) is 7.15. The van der Waals surface area contributed by atoms with Gasteiger partial charge in [-0.2, -0.15) is 5.10 Å². The van der Waals surface area contributed by atoms with Gasteiger partial charge in [0.2, 0.25) is 5.16 Å². The molecule has 0 fully saturated rings. The van der Waals surface area contributed by atoms with E-state index in [0.717, 1.165) is 33.5 Å². The lowest BCUT2D eigenvalue weighted by atomic mass is 10.0. The molecule has 0 spiro atoms. The van der Waals surface area contributed by atoms with Crippen LogP contribution >= 0.6 is 11.8 Å². The number of aryl methyl sites for hydroxylation is 4. The van der Waals surface area contributed by atoms with Crippen molar-refractivity contribution in [1.82, 2.24) is 24.7 Å². The molecule has 144 valence electrons. The Labute approximate surface area is 165 Å². The van der Waals surface area contributed by atoms with Gasteiger partial charge in [-0.1, -0.05) is 11.8 Å². The van der Waals surface area contributed by atoms with Crippen molar-refractivity contribution in [1.29, 1.82) is 0 Å². The SMILES string of the molecule is Cc1cc(C)n(-c2nnc(SCc3cc(=O)oc4cc(C)c(C)cc34)n2N)n1. The Balaban J connectivity index is 1.66. The van der Waals surface area contributed by atoms with Crippen LogP contribution in [-0.4, -0.2) is 24.7 Å². The van der Waals surface area contributed by atoms with Crippen molar-refractivity contribution in [3.05, 3.63) is 62.8 Å². The summed E-state index contributed by atoms with van der Waals surface area (Å²) in [6, 6.07) is 7.40. The van der Waals surface area contributed by atoms with Gasteiger partial charge >= 0.3 is 5.63 Å². The summed E-state index contributed by atoms with van der Waals surface area (Å²) < 4.78 is 8.42. The number of nitrogens with two attached hydrogens (primary N) is 1. The van der Waals surface area contributed by atoms with E-state index in [4.69, 9.17) is 10.3 Å². The number of hydrogen-bond donors (Lipinski definition) is 1. The topological polar surface area (TPSA) is 105 Å². The van der Waals surface area contributed by atoms with Crippen LogP contribution in [0.2, 0.25) is 0 Å². The molecule has 0 aliphatic rings. The van der Waals surface area contributed by atoms with Crippen LogP contribution in [0.4, 0.5) is 0 Å². The molecular formula is C19H20N6O2S. The Morgan fingerprint density at radius 1 is 1.07 bits per heavy atom. The van der Waals surface area contributed by atoms with Crippen LogP contribution in [0.3, 0.4) is 0 Å². The van der Waals surface area contributed by atoms with Crippen molar-refractivity contribution >= 4 is 22.7 Å². The Morgan fingerprint density at radius 3 is 2.54 bits per heavy atom. The van der Waals surface area contributed by atoms with E-state index in [2.05, 4.69) is 15.3 Å². The summed E-state index contributed by atoms with van der Waals surface area (Å²) in [6.07, 6.45) is 0. The molecule has 1 aromatic carbocycles. The first-order valence-electron chi connectivity index (χ1n) is 8.74. The van der Waals surface area contributed by atoms with E-state index >= 15 is 0 Å². The van der Waals surface area contributed by atoms with E-state index < -0.39 is 0 Å². The lowest BCUT2D eigenvalue weighted by molar-refractivity contribution is 0.559. The van der Waals surface area contributed by atoms with E-state index in [9.17, 15) is 4.79 Å². The zero-order valence-electron chi connectivity index (χ0n) is 16.1. The molecular weight excluding hydrogens is 376 g/mol. The maximum absolute atomic E-state index is 12.0. The average molecular weight is 396 g/mol. The van der Waals surface area contributed by atoms with E-state index in [0.29, 0.717) is 22.4 Å². The van der Waals surface area contributed by atoms with Gasteiger partial charge in [0.15, 0.2) is 0 Å². The van der Waals surface area contributed by atoms with Crippen molar-refractivity contribution in [3.8, 4) is 5.95 Å². The van der Waals surface area contributed by atoms with Crippen LogP contribution in [0.15, 0.2) is 38.6 Å². The highest BCUT2D eigenvalue weighted by Crippen LogP contribution is 2.27. The summed E-state index contributed by atoms with van der Waals surface area (Å²) in [5.41, 5.74) is 5.11.